The van der Waals surface area contributed by atoms with Crippen molar-refractivity contribution in [3.05, 3.63) is 24.3 Å². The predicted octanol–water partition coefficient (Wildman–Crippen LogP) is 17.0. The molecule has 0 bridgehead atoms. The van der Waals surface area contributed by atoms with Gasteiger partial charge >= 0.3 is 11.9 Å². The van der Waals surface area contributed by atoms with Gasteiger partial charge in [0, 0.05) is 19.3 Å². The summed E-state index contributed by atoms with van der Waals surface area (Å²) in [6.45, 7) is 4.72. The first-order valence-corrected chi connectivity index (χ1v) is 30.4. The van der Waals surface area contributed by atoms with Crippen LogP contribution in [0, 0.1) is 0 Å². The van der Waals surface area contributed by atoms with Crippen molar-refractivity contribution in [2.45, 2.75) is 315 Å². The molecule has 0 aliphatic heterocycles. The van der Waals surface area contributed by atoms with E-state index in [4.69, 9.17) is 14.2 Å². The highest BCUT2D eigenvalue weighted by Crippen LogP contribution is 2.17. The van der Waals surface area contributed by atoms with E-state index in [0.29, 0.717) is 12.8 Å². The predicted molar refractivity (Wildman–Crippen MR) is 296 cm³/mol. The first-order chi connectivity index (χ1) is 34.1. The van der Waals surface area contributed by atoms with Crippen molar-refractivity contribution in [1.82, 2.24) is 0 Å². The van der Waals surface area contributed by atoms with E-state index in [0.717, 1.165) is 38.5 Å². The Labute approximate surface area is 434 Å². The van der Waals surface area contributed by atoms with Crippen molar-refractivity contribution in [3.63, 3.8) is 0 Å². The van der Waals surface area contributed by atoms with E-state index in [1.54, 1.807) is 0 Å². The Morgan fingerprint density at radius 1 is 0.414 bits per heavy atom. The second kappa shape index (κ2) is 53.1. The third-order valence-electron chi connectivity index (χ3n) is 14.1. The quantitative estimate of drug-likeness (QED) is 0.0259. The Hall–Kier alpha value is -2.19. The highest BCUT2D eigenvalue weighted by atomic mass is 16.6. The Morgan fingerprint density at radius 2 is 0.714 bits per heavy atom. The molecule has 0 spiro atoms. The molecule has 70 heavy (non-hydrogen) atoms. The summed E-state index contributed by atoms with van der Waals surface area (Å²) in [5.41, 5.74) is 0. The largest absolute Gasteiger partial charge is 0.544 e. The highest BCUT2D eigenvalue weighted by molar-refractivity contribution is 5.70. The molecule has 412 valence electrons. The third kappa shape index (κ3) is 50.7. The number of unbranched alkanes of at least 4 members (excludes halogenated alkanes) is 38. The number of ether oxygens (including phenoxy) is 3. The molecule has 0 fully saturated rings. The molecule has 0 aliphatic carbocycles. The average molecular weight is 989 g/mol. The monoisotopic (exact) mass is 988 g/mol. The number of nitrogens with zero attached hydrogens (tertiary/aromatic N) is 1. The van der Waals surface area contributed by atoms with E-state index in [1.807, 2.05) is 21.1 Å². The van der Waals surface area contributed by atoms with Crippen molar-refractivity contribution in [2.75, 3.05) is 41.0 Å². The summed E-state index contributed by atoms with van der Waals surface area (Å²) in [6, 6.07) is -0.727. The molecule has 0 aliphatic rings. The minimum Gasteiger partial charge on any atom is -0.544 e. The highest BCUT2D eigenvalue weighted by Gasteiger charge is 2.25. The Bertz CT molecular complexity index is 1200. The maximum Gasteiger partial charge on any atom is 0.306 e. The molecule has 0 amide bonds. The Balaban J connectivity index is 4.13. The number of allylic oxidation sites excluding steroid dienone is 4. The number of hydrogen-bond donors (Lipinski definition) is 0. The van der Waals surface area contributed by atoms with Gasteiger partial charge in [-0.25, -0.2) is 0 Å². The van der Waals surface area contributed by atoms with Gasteiger partial charge in [0.05, 0.1) is 40.3 Å². The van der Waals surface area contributed by atoms with Crippen LogP contribution in [-0.2, 0) is 28.6 Å². The summed E-state index contributed by atoms with van der Waals surface area (Å²) in [6.07, 6.45) is 63.7. The van der Waals surface area contributed by atoms with Crippen molar-refractivity contribution in [1.29, 1.82) is 0 Å². The van der Waals surface area contributed by atoms with Crippen molar-refractivity contribution < 1.29 is 38.2 Å². The SMILES string of the molecule is CCCCCCCCCCCCCC/C=C/CCCCCCCCCC(=O)OCC(COCCC(C(=O)[O-])[N+](C)(C)C)OC(=O)CCCCCCCCC/C=C/CCCCCCCCCCCCCC. The van der Waals surface area contributed by atoms with Crippen molar-refractivity contribution in [2.24, 2.45) is 0 Å². The fraction of sp³-hybridized carbons (Fsp3) is 0.887. The summed E-state index contributed by atoms with van der Waals surface area (Å²) in [4.78, 5) is 37.2. The summed E-state index contributed by atoms with van der Waals surface area (Å²) >= 11 is 0. The number of esters is 2. The molecule has 2 unspecified atom stereocenters. The lowest BCUT2D eigenvalue weighted by Gasteiger charge is -2.34. The number of likely N-dealkylation sites (N-methyl/N-ethyl adjacent to an activating group) is 1. The zero-order valence-electron chi connectivity index (χ0n) is 47.2. The van der Waals surface area contributed by atoms with E-state index in [9.17, 15) is 19.5 Å². The summed E-state index contributed by atoms with van der Waals surface area (Å²) < 4.78 is 17.3. The number of aliphatic carboxylic acids is 1. The number of hydrogen-bond acceptors (Lipinski definition) is 7. The van der Waals surface area contributed by atoms with Gasteiger partial charge in [-0.05, 0) is 64.2 Å². The van der Waals surface area contributed by atoms with Gasteiger partial charge in [-0.1, -0.05) is 244 Å². The lowest BCUT2D eigenvalue weighted by molar-refractivity contribution is -0.889. The molecule has 0 aromatic heterocycles. The molecule has 0 saturated heterocycles. The van der Waals surface area contributed by atoms with Crippen LogP contribution in [0.3, 0.4) is 0 Å². The third-order valence-corrected chi connectivity index (χ3v) is 14.1. The van der Waals surface area contributed by atoms with Crippen LogP contribution in [0.4, 0.5) is 0 Å². The van der Waals surface area contributed by atoms with E-state index in [-0.39, 0.29) is 42.7 Å². The minimum absolute atomic E-state index is 0.0414. The topological polar surface area (TPSA) is 102 Å². The smallest absolute Gasteiger partial charge is 0.306 e. The molecule has 8 heteroatoms. The molecule has 8 nitrogen and oxygen atoms in total. The number of quaternary nitrogens is 1. The van der Waals surface area contributed by atoms with Gasteiger partial charge in [0.25, 0.3) is 0 Å². The fourth-order valence-electron chi connectivity index (χ4n) is 9.36. The average Bonchev–Trinajstić information content (AvgIpc) is 3.33. The molecule has 0 aromatic carbocycles. The molecule has 0 heterocycles. The normalized spacial score (nSPS) is 12.9. The van der Waals surface area contributed by atoms with Crippen molar-refractivity contribution >= 4 is 17.9 Å². The second-order valence-corrected chi connectivity index (χ2v) is 21.9. The van der Waals surface area contributed by atoms with Crippen LogP contribution in [0.1, 0.15) is 303 Å². The van der Waals surface area contributed by atoms with Crippen LogP contribution in [0.5, 0.6) is 0 Å². The van der Waals surface area contributed by atoms with Crippen LogP contribution in [-0.4, -0.2) is 75.5 Å². The maximum atomic E-state index is 12.8. The first kappa shape index (κ1) is 67.8. The summed E-state index contributed by atoms with van der Waals surface area (Å²) in [7, 11) is 5.43. The van der Waals surface area contributed by atoms with E-state index in [1.165, 1.54) is 231 Å². The van der Waals surface area contributed by atoms with Crippen LogP contribution >= 0.6 is 0 Å². The Kier molecular flexibility index (Phi) is 51.5. The van der Waals surface area contributed by atoms with Crippen LogP contribution in [0.25, 0.3) is 0 Å². The lowest BCUT2D eigenvalue weighted by atomic mass is 10.0. The molecule has 0 aromatic rings. The van der Waals surface area contributed by atoms with Crippen LogP contribution < -0.4 is 5.11 Å². The number of carboxylic acids is 1. The van der Waals surface area contributed by atoms with Crippen LogP contribution in [0.2, 0.25) is 0 Å². The summed E-state index contributed by atoms with van der Waals surface area (Å²) in [5.74, 6) is -1.72. The second-order valence-electron chi connectivity index (χ2n) is 21.9. The number of rotatable bonds is 56. The maximum absolute atomic E-state index is 12.8. The minimum atomic E-state index is -1.12. The zero-order valence-corrected chi connectivity index (χ0v) is 47.2. The zero-order chi connectivity index (χ0) is 51.3. The summed E-state index contributed by atoms with van der Waals surface area (Å²) in [5, 5.41) is 11.7. The number of carbonyl (C=O) groups is 3. The molecule has 2 atom stereocenters. The molecule has 0 rings (SSSR count). The van der Waals surface area contributed by atoms with Gasteiger partial charge in [-0.15, -0.1) is 0 Å². The van der Waals surface area contributed by atoms with Gasteiger partial charge in [-0.3, -0.25) is 9.59 Å². The van der Waals surface area contributed by atoms with Gasteiger partial charge in [0.15, 0.2) is 6.10 Å². The molecular weight excluding hydrogens is 871 g/mol. The van der Waals surface area contributed by atoms with Crippen LogP contribution in [0.15, 0.2) is 24.3 Å². The van der Waals surface area contributed by atoms with E-state index in [2.05, 4.69) is 38.2 Å². The van der Waals surface area contributed by atoms with E-state index >= 15 is 0 Å². The number of carbonyl (C=O) groups excluding carboxylic acids is 3. The van der Waals surface area contributed by atoms with Gasteiger partial charge < -0.3 is 28.6 Å². The van der Waals surface area contributed by atoms with Gasteiger partial charge in [0.2, 0.25) is 0 Å². The molecule has 0 N–H and O–H groups in total. The van der Waals surface area contributed by atoms with E-state index < -0.39 is 18.1 Å². The standard InChI is InChI=1S/C62H117NO7/c1-6-8-10-12-14-16-18-20-22-24-26-28-30-32-34-36-38-40-42-44-46-48-50-52-60(64)69-57-58(56-68-55-54-59(62(66)67)63(3,4)5)70-61(65)53-51-49-47-45-43-41-39-37-35-33-31-29-27-25-23-21-19-17-15-13-11-9-7-2/h32-35,58-59H,6-31,36-57H2,1-5H3/b34-32+,35-33+. The Morgan fingerprint density at radius 3 is 1.03 bits per heavy atom. The lowest BCUT2D eigenvalue weighted by Crippen LogP contribution is -2.55. The first-order valence-electron chi connectivity index (χ1n) is 30.4. The molecular formula is C62H117NO7. The van der Waals surface area contributed by atoms with Crippen molar-refractivity contribution in [3.8, 4) is 0 Å². The van der Waals surface area contributed by atoms with Gasteiger partial charge in [0.1, 0.15) is 12.6 Å². The molecule has 0 saturated carbocycles. The number of carboxylic acid groups (broad SMARTS) is 1. The van der Waals surface area contributed by atoms with Gasteiger partial charge in [-0.2, -0.15) is 0 Å². The molecule has 0 radical (unpaired) electrons. The fourth-order valence-corrected chi connectivity index (χ4v) is 9.36.